The summed E-state index contributed by atoms with van der Waals surface area (Å²) in [6, 6.07) is 7.17. The molecule has 23 heavy (non-hydrogen) atoms. The van der Waals surface area contributed by atoms with Crippen molar-refractivity contribution in [2.24, 2.45) is 11.3 Å². The highest BCUT2D eigenvalue weighted by molar-refractivity contribution is 5.95. The number of hydrogen-bond acceptors (Lipinski definition) is 3. The molecule has 3 rings (SSSR count). The SMILES string of the molecule is CNC(=O)C1CN(C(=O)c2ccc(OC)cc2)CC12CCCC2. The van der Waals surface area contributed by atoms with E-state index in [1.165, 1.54) is 0 Å². The minimum absolute atomic E-state index is 0.00494. The molecule has 0 bridgehead atoms. The molecule has 1 aliphatic heterocycles. The number of methoxy groups -OCH3 is 1. The Bertz CT molecular complexity index is 591. The average Bonchev–Trinajstić information content (AvgIpc) is 3.21. The normalized spacial score (nSPS) is 22.3. The molecule has 1 aromatic rings. The van der Waals surface area contributed by atoms with E-state index in [9.17, 15) is 9.59 Å². The van der Waals surface area contributed by atoms with Crippen LogP contribution in [-0.4, -0.2) is 44.0 Å². The zero-order valence-corrected chi connectivity index (χ0v) is 13.8. The van der Waals surface area contributed by atoms with E-state index in [1.807, 2.05) is 4.90 Å². The van der Waals surface area contributed by atoms with Gasteiger partial charge in [0.15, 0.2) is 0 Å². The highest BCUT2D eigenvalue weighted by Gasteiger charge is 2.52. The Kier molecular flexibility index (Phi) is 4.28. The molecule has 1 unspecified atom stereocenters. The van der Waals surface area contributed by atoms with Crippen LogP contribution in [0.15, 0.2) is 24.3 Å². The fourth-order valence-electron chi connectivity index (χ4n) is 4.16. The van der Waals surface area contributed by atoms with E-state index in [1.54, 1.807) is 38.4 Å². The summed E-state index contributed by atoms with van der Waals surface area (Å²) in [4.78, 5) is 26.9. The molecule has 124 valence electrons. The molecule has 1 spiro atoms. The van der Waals surface area contributed by atoms with Crippen LogP contribution in [0.5, 0.6) is 5.75 Å². The zero-order chi connectivity index (χ0) is 16.4. The number of likely N-dealkylation sites (tertiary alicyclic amines) is 1. The molecule has 1 saturated carbocycles. The molecule has 1 saturated heterocycles. The quantitative estimate of drug-likeness (QED) is 0.929. The van der Waals surface area contributed by atoms with Crippen LogP contribution in [0.1, 0.15) is 36.0 Å². The van der Waals surface area contributed by atoms with E-state index in [0.29, 0.717) is 18.7 Å². The van der Waals surface area contributed by atoms with Gasteiger partial charge in [-0.25, -0.2) is 0 Å². The zero-order valence-electron chi connectivity index (χ0n) is 13.8. The Labute approximate surface area is 137 Å². The molecule has 2 aliphatic rings. The molecule has 0 aromatic heterocycles. The minimum atomic E-state index is -0.0859. The predicted molar refractivity (Wildman–Crippen MR) is 87.4 cm³/mol. The molecule has 5 nitrogen and oxygen atoms in total. The van der Waals surface area contributed by atoms with Gasteiger partial charge in [-0.3, -0.25) is 9.59 Å². The summed E-state index contributed by atoms with van der Waals surface area (Å²) in [5.74, 6) is 0.720. The van der Waals surface area contributed by atoms with E-state index >= 15 is 0 Å². The van der Waals surface area contributed by atoms with Crippen molar-refractivity contribution >= 4 is 11.8 Å². The number of ether oxygens (including phenoxy) is 1. The summed E-state index contributed by atoms with van der Waals surface area (Å²) in [7, 11) is 3.29. The molecule has 1 aromatic carbocycles. The van der Waals surface area contributed by atoms with Crippen molar-refractivity contribution < 1.29 is 14.3 Å². The Morgan fingerprint density at radius 3 is 2.43 bits per heavy atom. The Morgan fingerprint density at radius 2 is 1.87 bits per heavy atom. The molecule has 1 heterocycles. The van der Waals surface area contributed by atoms with Crippen LogP contribution in [0.2, 0.25) is 0 Å². The first-order chi connectivity index (χ1) is 11.1. The maximum Gasteiger partial charge on any atom is 0.253 e. The minimum Gasteiger partial charge on any atom is -0.497 e. The number of hydrogen-bond donors (Lipinski definition) is 1. The van der Waals surface area contributed by atoms with Crippen LogP contribution in [-0.2, 0) is 4.79 Å². The van der Waals surface area contributed by atoms with Crippen LogP contribution in [0.4, 0.5) is 0 Å². The van der Waals surface area contributed by atoms with Crippen molar-refractivity contribution in [2.75, 3.05) is 27.2 Å². The van der Waals surface area contributed by atoms with Crippen molar-refractivity contribution in [3.8, 4) is 5.75 Å². The number of amides is 2. The lowest BCUT2D eigenvalue weighted by molar-refractivity contribution is -0.127. The average molecular weight is 316 g/mol. The summed E-state index contributed by atoms with van der Waals surface area (Å²) in [6.45, 7) is 1.21. The third-order valence-electron chi connectivity index (χ3n) is 5.43. The van der Waals surface area contributed by atoms with Gasteiger partial charge in [-0.2, -0.15) is 0 Å². The highest BCUT2D eigenvalue weighted by Crippen LogP contribution is 2.49. The van der Waals surface area contributed by atoms with Crippen LogP contribution < -0.4 is 10.1 Å². The predicted octanol–water partition coefficient (Wildman–Crippen LogP) is 2.07. The van der Waals surface area contributed by atoms with Gasteiger partial charge in [0.2, 0.25) is 5.91 Å². The first kappa shape index (κ1) is 15.8. The first-order valence-electron chi connectivity index (χ1n) is 8.24. The van der Waals surface area contributed by atoms with Crippen molar-refractivity contribution in [1.82, 2.24) is 10.2 Å². The Balaban J connectivity index is 1.80. The molecule has 1 atom stereocenters. The molecular weight excluding hydrogens is 292 g/mol. The number of nitrogens with one attached hydrogen (secondary N) is 1. The van der Waals surface area contributed by atoms with Crippen LogP contribution in [0.25, 0.3) is 0 Å². The fourth-order valence-corrected chi connectivity index (χ4v) is 4.16. The molecule has 0 radical (unpaired) electrons. The highest BCUT2D eigenvalue weighted by atomic mass is 16.5. The maximum absolute atomic E-state index is 12.8. The van der Waals surface area contributed by atoms with Gasteiger partial charge in [-0.1, -0.05) is 12.8 Å². The molecule has 2 amide bonds. The summed E-state index contributed by atoms with van der Waals surface area (Å²) < 4.78 is 5.14. The molecular formula is C18H24N2O3. The van der Waals surface area contributed by atoms with E-state index in [0.717, 1.165) is 31.4 Å². The van der Waals surface area contributed by atoms with E-state index in [-0.39, 0.29) is 23.1 Å². The van der Waals surface area contributed by atoms with Crippen LogP contribution >= 0.6 is 0 Å². The smallest absolute Gasteiger partial charge is 0.253 e. The largest absolute Gasteiger partial charge is 0.497 e. The summed E-state index contributed by atoms with van der Waals surface area (Å²) in [5, 5.41) is 2.78. The summed E-state index contributed by atoms with van der Waals surface area (Å²) in [6.07, 6.45) is 4.38. The van der Waals surface area contributed by atoms with Gasteiger partial charge < -0.3 is 15.0 Å². The first-order valence-corrected chi connectivity index (χ1v) is 8.24. The van der Waals surface area contributed by atoms with E-state index in [2.05, 4.69) is 5.32 Å². The lowest BCUT2D eigenvalue weighted by atomic mass is 9.76. The van der Waals surface area contributed by atoms with Crippen molar-refractivity contribution in [3.63, 3.8) is 0 Å². The second-order valence-corrected chi connectivity index (χ2v) is 6.65. The summed E-state index contributed by atoms with van der Waals surface area (Å²) in [5.41, 5.74) is 0.624. The number of nitrogens with zero attached hydrogens (tertiary/aromatic N) is 1. The van der Waals surface area contributed by atoms with Gasteiger partial charge in [0.05, 0.1) is 13.0 Å². The van der Waals surface area contributed by atoms with Gasteiger partial charge in [0.1, 0.15) is 5.75 Å². The lowest BCUT2D eigenvalue weighted by Crippen LogP contribution is -2.38. The van der Waals surface area contributed by atoms with Crippen molar-refractivity contribution in [2.45, 2.75) is 25.7 Å². The molecule has 5 heteroatoms. The number of benzene rings is 1. The van der Waals surface area contributed by atoms with Crippen molar-refractivity contribution in [1.29, 1.82) is 0 Å². The Hall–Kier alpha value is -2.04. The van der Waals surface area contributed by atoms with Gasteiger partial charge >= 0.3 is 0 Å². The number of rotatable bonds is 3. The van der Waals surface area contributed by atoms with E-state index in [4.69, 9.17) is 4.74 Å². The fraction of sp³-hybridized carbons (Fsp3) is 0.556. The Morgan fingerprint density at radius 1 is 1.22 bits per heavy atom. The number of carbonyl (C=O) groups is 2. The third-order valence-corrected chi connectivity index (χ3v) is 5.43. The maximum atomic E-state index is 12.8. The topological polar surface area (TPSA) is 58.6 Å². The standard InChI is InChI=1S/C18H24N2O3/c1-19-16(21)15-11-20(12-18(15)9-3-4-10-18)17(22)13-5-7-14(23-2)8-6-13/h5-8,15H,3-4,9-12H2,1-2H3,(H,19,21). The second-order valence-electron chi connectivity index (χ2n) is 6.65. The van der Waals surface area contributed by atoms with Crippen molar-refractivity contribution in [3.05, 3.63) is 29.8 Å². The summed E-state index contributed by atoms with van der Waals surface area (Å²) >= 11 is 0. The van der Waals surface area contributed by atoms with Crippen LogP contribution in [0.3, 0.4) is 0 Å². The monoisotopic (exact) mass is 316 g/mol. The third kappa shape index (κ3) is 2.80. The van der Waals surface area contributed by atoms with Crippen LogP contribution in [0, 0.1) is 11.3 Å². The van der Waals surface area contributed by atoms with E-state index < -0.39 is 0 Å². The number of carbonyl (C=O) groups excluding carboxylic acids is 2. The molecule has 1 aliphatic carbocycles. The van der Waals surface area contributed by atoms with Gasteiger partial charge in [-0.15, -0.1) is 0 Å². The van der Waals surface area contributed by atoms with Gasteiger partial charge in [0.25, 0.3) is 5.91 Å². The van der Waals surface area contributed by atoms with Gasteiger partial charge in [-0.05, 0) is 37.1 Å². The van der Waals surface area contributed by atoms with Gasteiger partial charge in [0, 0.05) is 31.1 Å². The molecule has 2 fully saturated rings. The lowest BCUT2D eigenvalue weighted by Gasteiger charge is -2.28. The second kappa shape index (κ2) is 6.22. The molecule has 1 N–H and O–H groups in total.